The fourth-order valence-corrected chi connectivity index (χ4v) is 5.17. The van der Waals surface area contributed by atoms with Gasteiger partial charge in [0.05, 0.1) is 12.1 Å². The largest absolute Gasteiger partial charge is 0.356 e. The summed E-state index contributed by atoms with van der Waals surface area (Å²) in [6, 6.07) is 5.89. The van der Waals surface area contributed by atoms with E-state index in [4.69, 9.17) is 0 Å². The summed E-state index contributed by atoms with van der Waals surface area (Å²) in [7, 11) is 0. The molecule has 2 heterocycles. The Morgan fingerprint density at radius 2 is 1.95 bits per heavy atom. The van der Waals surface area contributed by atoms with Gasteiger partial charge < -0.3 is 20.4 Å². The molecule has 3 rings (SSSR count). The lowest BCUT2D eigenvalue weighted by Crippen LogP contribution is -2.40. The molecule has 1 fully saturated rings. The number of hydrogen-bond donors (Lipinski definition) is 2. The summed E-state index contributed by atoms with van der Waals surface area (Å²) in [5.74, 6) is -1.10. The van der Waals surface area contributed by atoms with Crippen molar-refractivity contribution in [2.24, 2.45) is 5.92 Å². The van der Waals surface area contributed by atoms with Crippen molar-refractivity contribution in [2.45, 2.75) is 58.9 Å². The molecule has 37 heavy (non-hydrogen) atoms. The third-order valence-electron chi connectivity index (χ3n) is 6.32. The molecule has 202 valence electrons. The van der Waals surface area contributed by atoms with Gasteiger partial charge in [0.1, 0.15) is 12.4 Å². The van der Waals surface area contributed by atoms with Crippen molar-refractivity contribution in [3.05, 3.63) is 46.7 Å². The number of amides is 3. The van der Waals surface area contributed by atoms with E-state index < -0.39 is 5.82 Å². The number of aromatic nitrogens is 1. The van der Waals surface area contributed by atoms with Crippen LogP contribution in [0.4, 0.5) is 9.52 Å². The minimum Gasteiger partial charge on any atom is -0.356 e. The number of rotatable bonds is 12. The standard InChI is InChI=1S/C27H38FN5O3S/c1-19(2)16-33(26(36)21-8-10-22(28)11-9-21)17-25(35)31-27-30-23(18-37-27)15-24(34)29-12-6-14-32-13-5-4-7-20(32)3/h8-11,18-20H,4-7,12-17H2,1-3H3,(H,29,34)(H,30,31,35). The molecule has 8 nitrogen and oxygen atoms in total. The second kappa shape index (κ2) is 14.2. The maximum atomic E-state index is 13.2. The zero-order chi connectivity index (χ0) is 26.8. The third-order valence-corrected chi connectivity index (χ3v) is 7.13. The number of piperidine rings is 1. The van der Waals surface area contributed by atoms with Crippen molar-refractivity contribution < 1.29 is 18.8 Å². The monoisotopic (exact) mass is 531 g/mol. The minimum absolute atomic E-state index is 0.0946. The van der Waals surface area contributed by atoms with Crippen LogP contribution in [0.15, 0.2) is 29.6 Å². The molecule has 0 radical (unpaired) electrons. The zero-order valence-electron chi connectivity index (χ0n) is 22.0. The van der Waals surface area contributed by atoms with E-state index in [1.54, 1.807) is 5.38 Å². The first-order valence-electron chi connectivity index (χ1n) is 13.0. The van der Waals surface area contributed by atoms with Crippen LogP contribution in [0.2, 0.25) is 0 Å². The highest BCUT2D eigenvalue weighted by Gasteiger charge is 2.21. The number of carbonyl (C=O) groups excluding carboxylic acids is 3. The summed E-state index contributed by atoms with van der Waals surface area (Å²) < 4.78 is 13.2. The second-order valence-electron chi connectivity index (χ2n) is 10.0. The van der Waals surface area contributed by atoms with Crippen molar-refractivity contribution in [3.8, 4) is 0 Å². The van der Waals surface area contributed by atoms with Gasteiger partial charge in [-0.3, -0.25) is 14.4 Å². The van der Waals surface area contributed by atoms with Crippen molar-refractivity contribution in [2.75, 3.05) is 38.0 Å². The molecule has 0 aliphatic carbocycles. The van der Waals surface area contributed by atoms with Crippen LogP contribution in [-0.4, -0.2) is 71.3 Å². The van der Waals surface area contributed by atoms with Gasteiger partial charge in [0, 0.05) is 36.6 Å². The Balaban J connectivity index is 1.44. The average molecular weight is 532 g/mol. The molecule has 2 aromatic rings. The summed E-state index contributed by atoms with van der Waals surface area (Å²) in [6.45, 7) is 9.16. The van der Waals surface area contributed by atoms with Crippen LogP contribution in [0.3, 0.4) is 0 Å². The first-order valence-corrected chi connectivity index (χ1v) is 13.9. The predicted octanol–water partition coefficient (Wildman–Crippen LogP) is 3.94. The number of benzene rings is 1. The molecule has 1 aromatic heterocycles. The van der Waals surface area contributed by atoms with Crippen LogP contribution in [0, 0.1) is 11.7 Å². The molecule has 2 N–H and O–H groups in total. The van der Waals surface area contributed by atoms with Crippen LogP contribution < -0.4 is 10.6 Å². The van der Waals surface area contributed by atoms with E-state index in [9.17, 15) is 18.8 Å². The summed E-state index contributed by atoms with van der Waals surface area (Å²) in [6.07, 6.45) is 4.86. The molecule has 0 bridgehead atoms. The molecule has 0 saturated carbocycles. The van der Waals surface area contributed by atoms with Crippen molar-refractivity contribution in [1.82, 2.24) is 20.1 Å². The van der Waals surface area contributed by atoms with Gasteiger partial charge in [-0.05, 0) is 62.9 Å². The Morgan fingerprint density at radius 1 is 1.19 bits per heavy atom. The maximum absolute atomic E-state index is 13.2. The highest BCUT2D eigenvalue weighted by molar-refractivity contribution is 7.13. The molecule has 3 amide bonds. The van der Waals surface area contributed by atoms with Crippen LogP contribution >= 0.6 is 11.3 Å². The summed E-state index contributed by atoms with van der Waals surface area (Å²) >= 11 is 1.24. The van der Waals surface area contributed by atoms with E-state index >= 15 is 0 Å². The van der Waals surface area contributed by atoms with Gasteiger partial charge in [-0.1, -0.05) is 20.3 Å². The Labute approximate surface area is 222 Å². The first kappa shape index (κ1) is 28.7. The lowest BCUT2D eigenvalue weighted by Gasteiger charge is -2.33. The van der Waals surface area contributed by atoms with Gasteiger partial charge in [0.15, 0.2) is 5.13 Å². The van der Waals surface area contributed by atoms with Crippen molar-refractivity contribution >= 4 is 34.2 Å². The molecule has 1 aromatic carbocycles. The summed E-state index contributed by atoms with van der Waals surface area (Å²) in [5.41, 5.74) is 0.909. The number of hydrogen-bond acceptors (Lipinski definition) is 6. The van der Waals surface area contributed by atoms with E-state index in [0.717, 1.165) is 19.5 Å². The fourth-order valence-electron chi connectivity index (χ4n) is 4.44. The van der Waals surface area contributed by atoms with E-state index in [0.29, 0.717) is 35.5 Å². The summed E-state index contributed by atoms with van der Waals surface area (Å²) in [4.78, 5) is 46.2. The Morgan fingerprint density at radius 3 is 2.65 bits per heavy atom. The van der Waals surface area contributed by atoms with Crippen LogP contribution in [0.1, 0.15) is 62.5 Å². The van der Waals surface area contributed by atoms with Gasteiger partial charge in [-0.15, -0.1) is 11.3 Å². The lowest BCUT2D eigenvalue weighted by molar-refractivity contribution is -0.120. The number of likely N-dealkylation sites (tertiary alicyclic amines) is 1. The lowest BCUT2D eigenvalue weighted by atomic mass is 10.0. The highest BCUT2D eigenvalue weighted by Crippen LogP contribution is 2.17. The molecular formula is C27H38FN5O3S. The van der Waals surface area contributed by atoms with E-state index in [2.05, 4.69) is 27.4 Å². The Kier molecular flexibility index (Phi) is 11.0. The Hall–Kier alpha value is -2.85. The van der Waals surface area contributed by atoms with Gasteiger partial charge in [-0.25, -0.2) is 9.37 Å². The number of anilines is 1. The van der Waals surface area contributed by atoms with E-state index in [1.165, 1.54) is 59.8 Å². The quantitative estimate of drug-likeness (QED) is 0.405. The zero-order valence-corrected chi connectivity index (χ0v) is 22.8. The molecule has 10 heteroatoms. The van der Waals surface area contributed by atoms with Gasteiger partial charge >= 0.3 is 0 Å². The number of nitrogens with zero attached hydrogens (tertiary/aromatic N) is 3. The number of thiazole rings is 1. The van der Waals surface area contributed by atoms with Crippen molar-refractivity contribution in [1.29, 1.82) is 0 Å². The first-order chi connectivity index (χ1) is 17.7. The highest BCUT2D eigenvalue weighted by atomic mass is 32.1. The topological polar surface area (TPSA) is 94.6 Å². The fraction of sp³-hybridized carbons (Fsp3) is 0.556. The van der Waals surface area contributed by atoms with E-state index in [-0.39, 0.29) is 36.6 Å². The van der Waals surface area contributed by atoms with Gasteiger partial charge in [0.2, 0.25) is 11.8 Å². The summed E-state index contributed by atoms with van der Waals surface area (Å²) in [5, 5.41) is 7.81. The number of halogens is 1. The molecule has 1 aliphatic heterocycles. The Bertz CT molecular complexity index is 1040. The molecule has 1 unspecified atom stereocenters. The SMILES string of the molecule is CC(C)CN(CC(=O)Nc1nc(CC(=O)NCCCN2CCCCC2C)cs1)C(=O)c1ccc(F)cc1. The second-order valence-corrected chi connectivity index (χ2v) is 10.9. The van der Waals surface area contributed by atoms with Crippen molar-refractivity contribution in [3.63, 3.8) is 0 Å². The third kappa shape index (κ3) is 9.51. The van der Waals surface area contributed by atoms with E-state index in [1.807, 2.05) is 13.8 Å². The van der Waals surface area contributed by atoms with Crippen LogP contribution in [-0.2, 0) is 16.0 Å². The minimum atomic E-state index is -0.426. The number of nitrogens with one attached hydrogen (secondary N) is 2. The van der Waals surface area contributed by atoms with Gasteiger partial charge in [-0.2, -0.15) is 0 Å². The molecule has 1 saturated heterocycles. The average Bonchev–Trinajstić information content (AvgIpc) is 3.28. The maximum Gasteiger partial charge on any atom is 0.254 e. The predicted molar refractivity (Wildman–Crippen MR) is 144 cm³/mol. The molecule has 1 aliphatic rings. The smallest absolute Gasteiger partial charge is 0.254 e. The van der Waals surface area contributed by atoms with Gasteiger partial charge in [0.25, 0.3) is 5.91 Å². The normalized spacial score (nSPS) is 16.0. The molecule has 0 spiro atoms. The van der Waals surface area contributed by atoms with Crippen LogP contribution in [0.5, 0.6) is 0 Å². The number of carbonyl (C=O) groups is 3. The molecule has 1 atom stereocenters. The van der Waals surface area contributed by atoms with Crippen LogP contribution in [0.25, 0.3) is 0 Å². The molecular weight excluding hydrogens is 493 g/mol.